The van der Waals surface area contributed by atoms with E-state index < -0.39 is 10.1 Å². The molecule has 0 aromatic rings. The van der Waals surface area contributed by atoms with Gasteiger partial charge >= 0.3 is 0 Å². The summed E-state index contributed by atoms with van der Waals surface area (Å²) >= 11 is 0. The minimum Gasteiger partial charge on any atom is -0.362 e. The predicted octanol–water partition coefficient (Wildman–Crippen LogP) is 4.48. The van der Waals surface area contributed by atoms with Crippen LogP contribution in [0.2, 0.25) is 0 Å². The van der Waals surface area contributed by atoms with Crippen LogP contribution < -0.4 is 0 Å². The summed E-state index contributed by atoms with van der Waals surface area (Å²) in [6.07, 6.45) is 15.9. The van der Waals surface area contributed by atoms with Crippen molar-refractivity contribution >= 4 is 10.1 Å². The average molecular weight is 363 g/mol. The lowest BCUT2D eigenvalue weighted by Crippen LogP contribution is -2.21. The average Bonchev–Trinajstić information content (AvgIpc) is 2.94. The highest BCUT2D eigenvalue weighted by atomic mass is 32.2. The summed E-state index contributed by atoms with van der Waals surface area (Å²) in [4.78, 5) is 4.41. The van der Waals surface area contributed by atoms with Gasteiger partial charge in [-0.25, -0.2) is 0 Å². The second-order valence-corrected chi connectivity index (χ2v) is 8.14. The number of nitrogens with zero attached hydrogens (tertiary/aromatic N) is 2. The van der Waals surface area contributed by atoms with Crippen LogP contribution in [0.15, 0.2) is 12.4 Å². The van der Waals surface area contributed by atoms with Crippen molar-refractivity contribution in [2.75, 3.05) is 26.0 Å². The van der Waals surface area contributed by atoms with Gasteiger partial charge in [0.25, 0.3) is 10.1 Å². The van der Waals surface area contributed by atoms with Crippen molar-refractivity contribution in [3.63, 3.8) is 0 Å². The first-order chi connectivity index (χ1) is 11.4. The van der Waals surface area contributed by atoms with Crippen LogP contribution in [0.4, 0.5) is 0 Å². The molecule has 0 aliphatic carbocycles. The zero-order valence-corrected chi connectivity index (χ0v) is 16.7. The maximum atomic E-state index is 10.4. The zero-order chi connectivity index (χ0) is 18.3. The van der Waals surface area contributed by atoms with Crippen LogP contribution in [0.3, 0.4) is 0 Å². The van der Waals surface area contributed by atoms with Gasteiger partial charge in [0.15, 0.2) is 0 Å². The molecule has 144 valence electrons. The first-order valence-corrected chi connectivity index (χ1v) is 11.1. The Morgan fingerprint density at radius 1 is 0.875 bits per heavy atom. The summed E-state index contributed by atoms with van der Waals surface area (Å²) in [7, 11) is -1.66. The van der Waals surface area contributed by atoms with Gasteiger partial charge in [0.2, 0.25) is 0 Å². The Bertz CT molecular complexity index is 410. The van der Waals surface area contributed by atoms with Crippen LogP contribution in [-0.4, -0.2) is 48.8 Å². The van der Waals surface area contributed by atoms with Crippen LogP contribution in [0.1, 0.15) is 78.1 Å². The van der Waals surface area contributed by atoms with Gasteiger partial charge in [0.05, 0.1) is 12.4 Å². The second-order valence-electron chi connectivity index (χ2n) is 6.57. The van der Waals surface area contributed by atoms with Crippen LogP contribution >= 0.6 is 0 Å². The fraction of sp³-hybridized carbons (Fsp3) is 0.889. The first-order valence-electron chi connectivity index (χ1n) is 9.46. The molecule has 0 saturated carbocycles. The monoisotopic (exact) mass is 362 g/mol. The van der Waals surface area contributed by atoms with E-state index in [0.29, 0.717) is 6.42 Å². The minimum absolute atomic E-state index is 0.0799. The third-order valence-corrected chi connectivity index (χ3v) is 4.90. The molecule has 1 aliphatic rings. The topological polar surface area (TPSA) is 60.9 Å². The summed E-state index contributed by atoms with van der Waals surface area (Å²) in [6.45, 7) is 6.54. The van der Waals surface area contributed by atoms with Crippen molar-refractivity contribution < 1.29 is 13.0 Å². The van der Waals surface area contributed by atoms with Crippen molar-refractivity contribution in [1.29, 1.82) is 0 Å². The van der Waals surface area contributed by atoms with E-state index in [-0.39, 0.29) is 5.75 Å². The molecule has 1 aliphatic heterocycles. The number of hydrogen-bond donors (Lipinski definition) is 1. The maximum Gasteiger partial charge on any atom is 0.264 e. The van der Waals surface area contributed by atoms with E-state index in [1.54, 1.807) is 0 Å². The lowest BCUT2D eigenvalue weighted by atomic mass is 10.1. The summed E-state index contributed by atoms with van der Waals surface area (Å²) in [5.74, 6) is -0.0799. The molecule has 0 atom stereocenters. The van der Waals surface area contributed by atoms with Crippen LogP contribution in [0, 0.1) is 0 Å². The number of rotatable bonds is 12. The van der Waals surface area contributed by atoms with Gasteiger partial charge in [-0.05, 0) is 13.3 Å². The van der Waals surface area contributed by atoms with Gasteiger partial charge in [-0.1, -0.05) is 64.7 Å². The fourth-order valence-corrected chi connectivity index (χ4v) is 3.14. The first kappa shape index (κ1) is 23.2. The van der Waals surface area contributed by atoms with Gasteiger partial charge in [0, 0.05) is 26.0 Å². The molecule has 0 aromatic carbocycles. The third-order valence-electron chi connectivity index (χ3n) is 4.10. The van der Waals surface area contributed by atoms with Crippen LogP contribution in [-0.2, 0) is 10.1 Å². The Kier molecular flexibility index (Phi) is 14.1. The molecule has 0 saturated heterocycles. The van der Waals surface area contributed by atoms with E-state index in [4.69, 9.17) is 4.55 Å². The van der Waals surface area contributed by atoms with E-state index >= 15 is 0 Å². The molecular weight excluding hydrogens is 324 g/mol. The SMILES string of the molecule is CCCCCCCCCCCCS(=O)(=O)O.CCN1C=CN(C)C1. The standard InChI is InChI=1S/C12H26O3S.C6H12N2/c1-2-3-4-5-6-7-8-9-10-11-12-16(13,14)15;1-3-8-5-4-7(2)6-8/h2-12H2,1H3,(H,13,14,15);4-5H,3,6H2,1-2H3. The van der Waals surface area contributed by atoms with Gasteiger partial charge in [0.1, 0.15) is 0 Å². The minimum atomic E-state index is -3.73. The fourth-order valence-electron chi connectivity index (χ4n) is 2.57. The Hall–Kier alpha value is -0.750. The lowest BCUT2D eigenvalue weighted by Gasteiger charge is -2.14. The highest BCUT2D eigenvalue weighted by Gasteiger charge is 2.03. The molecular formula is C18H38N2O3S. The summed E-state index contributed by atoms with van der Waals surface area (Å²) in [5, 5.41) is 0. The molecule has 1 N–H and O–H groups in total. The number of hydrogen-bond acceptors (Lipinski definition) is 4. The van der Waals surface area contributed by atoms with Crippen LogP contribution in [0.5, 0.6) is 0 Å². The highest BCUT2D eigenvalue weighted by molar-refractivity contribution is 7.85. The molecule has 6 heteroatoms. The van der Waals surface area contributed by atoms with E-state index in [1.807, 2.05) is 0 Å². The molecule has 1 rings (SSSR count). The van der Waals surface area contributed by atoms with E-state index in [1.165, 1.54) is 44.9 Å². The second kappa shape index (κ2) is 14.6. The van der Waals surface area contributed by atoms with Gasteiger partial charge in [-0.15, -0.1) is 0 Å². The molecule has 0 radical (unpaired) electrons. The Morgan fingerprint density at radius 3 is 1.71 bits per heavy atom. The van der Waals surface area contributed by atoms with Crippen molar-refractivity contribution in [1.82, 2.24) is 9.80 Å². The van der Waals surface area contributed by atoms with E-state index in [2.05, 4.69) is 43.1 Å². The molecule has 5 nitrogen and oxygen atoms in total. The lowest BCUT2D eigenvalue weighted by molar-refractivity contribution is 0.308. The summed E-state index contributed by atoms with van der Waals surface area (Å²) in [5.41, 5.74) is 0. The Labute approximate surface area is 149 Å². The largest absolute Gasteiger partial charge is 0.362 e. The van der Waals surface area contributed by atoms with Gasteiger partial charge in [-0.2, -0.15) is 8.42 Å². The molecule has 1 heterocycles. The summed E-state index contributed by atoms with van der Waals surface area (Å²) in [6, 6.07) is 0. The van der Waals surface area contributed by atoms with Gasteiger partial charge in [-0.3, -0.25) is 4.55 Å². The molecule has 0 aromatic heterocycles. The summed E-state index contributed by atoms with van der Waals surface area (Å²) < 4.78 is 29.4. The maximum absolute atomic E-state index is 10.4. The Balaban J connectivity index is 0.000000546. The molecule has 0 bridgehead atoms. The molecule has 0 unspecified atom stereocenters. The van der Waals surface area contributed by atoms with Gasteiger partial charge < -0.3 is 9.80 Å². The van der Waals surface area contributed by atoms with E-state index in [9.17, 15) is 8.42 Å². The predicted molar refractivity (Wildman–Crippen MR) is 102 cm³/mol. The molecule has 0 spiro atoms. The normalized spacial score (nSPS) is 14.0. The van der Waals surface area contributed by atoms with E-state index in [0.717, 1.165) is 26.1 Å². The molecule has 0 amide bonds. The molecule has 0 fully saturated rings. The Morgan fingerprint density at radius 2 is 1.38 bits per heavy atom. The highest BCUT2D eigenvalue weighted by Crippen LogP contribution is 2.10. The van der Waals surface area contributed by atoms with Crippen LogP contribution in [0.25, 0.3) is 0 Å². The van der Waals surface area contributed by atoms with Crippen molar-refractivity contribution in [3.8, 4) is 0 Å². The quantitative estimate of drug-likeness (QED) is 0.410. The zero-order valence-electron chi connectivity index (χ0n) is 15.9. The smallest absolute Gasteiger partial charge is 0.264 e. The molecule has 24 heavy (non-hydrogen) atoms. The third kappa shape index (κ3) is 16.1. The van der Waals surface area contributed by atoms with Crippen molar-refractivity contribution in [2.45, 2.75) is 78.1 Å². The van der Waals surface area contributed by atoms with Crippen molar-refractivity contribution in [3.05, 3.63) is 12.4 Å². The van der Waals surface area contributed by atoms with Crippen molar-refractivity contribution in [2.24, 2.45) is 0 Å². The number of unbranched alkanes of at least 4 members (excludes halogenated alkanes) is 9.